The van der Waals surface area contributed by atoms with Crippen molar-refractivity contribution >= 4 is 0 Å². The number of likely N-dealkylation sites (N-methyl/N-ethyl adjacent to an activating group) is 1. The van der Waals surface area contributed by atoms with Crippen molar-refractivity contribution in [2.45, 2.75) is 44.2 Å². The summed E-state index contributed by atoms with van der Waals surface area (Å²) in [4.78, 5) is 0. The van der Waals surface area contributed by atoms with Gasteiger partial charge in [0.05, 0.1) is 12.2 Å². The topological polar surface area (TPSA) is 41.5 Å². The van der Waals surface area contributed by atoms with Crippen molar-refractivity contribution in [1.82, 2.24) is 5.32 Å². The van der Waals surface area contributed by atoms with Crippen LogP contribution in [0.25, 0.3) is 0 Å². The minimum atomic E-state index is -0.122. The number of rotatable bonds is 3. The number of hydrogen-bond acceptors (Lipinski definition) is 3. The molecule has 2 unspecified atom stereocenters. The minimum absolute atomic E-state index is 0.0655. The van der Waals surface area contributed by atoms with Crippen LogP contribution in [0.3, 0.4) is 0 Å². The van der Waals surface area contributed by atoms with Crippen molar-refractivity contribution < 1.29 is 9.84 Å². The van der Waals surface area contributed by atoms with E-state index in [2.05, 4.69) is 19.2 Å². The molecule has 2 atom stereocenters. The maximum Gasteiger partial charge on any atom is 0.0670 e. The number of aliphatic hydroxyl groups is 1. The van der Waals surface area contributed by atoms with Crippen LogP contribution in [0.15, 0.2) is 0 Å². The molecule has 1 fully saturated rings. The molecule has 0 aromatic rings. The minimum Gasteiger partial charge on any atom is -0.394 e. The molecule has 2 N–H and O–H groups in total. The monoisotopic (exact) mass is 187 g/mol. The molecule has 78 valence electrons. The Kier molecular flexibility index (Phi) is 3.33. The predicted molar refractivity (Wildman–Crippen MR) is 52.8 cm³/mol. The Labute approximate surface area is 80.5 Å². The third-order valence-corrected chi connectivity index (χ3v) is 3.32. The number of ether oxygens (including phenoxy) is 1. The van der Waals surface area contributed by atoms with E-state index >= 15 is 0 Å². The van der Waals surface area contributed by atoms with E-state index in [1.807, 2.05) is 7.05 Å². The van der Waals surface area contributed by atoms with Gasteiger partial charge in [-0.2, -0.15) is 0 Å². The summed E-state index contributed by atoms with van der Waals surface area (Å²) in [6.07, 6.45) is 2.79. The van der Waals surface area contributed by atoms with Crippen molar-refractivity contribution in [3.8, 4) is 0 Å². The maximum atomic E-state index is 9.35. The molecule has 1 rings (SSSR count). The summed E-state index contributed by atoms with van der Waals surface area (Å²) in [7, 11) is 1.91. The zero-order valence-corrected chi connectivity index (χ0v) is 8.89. The molecule has 0 aliphatic carbocycles. The number of aliphatic hydroxyl groups excluding tert-OH is 1. The van der Waals surface area contributed by atoms with Gasteiger partial charge < -0.3 is 15.2 Å². The van der Waals surface area contributed by atoms with Crippen LogP contribution in [-0.4, -0.2) is 36.5 Å². The van der Waals surface area contributed by atoms with Gasteiger partial charge in [0.1, 0.15) is 0 Å². The second-order valence-electron chi connectivity index (χ2n) is 4.27. The molecular weight excluding hydrogens is 166 g/mol. The number of nitrogens with one attached hydrogen (secondary N) is 1. The van der Waals surface area contributed by atoms with Gasteiger partial charge >= 0.3 is 0 Å². The summed E-state index contributed by atoms with van der Waals surface area (Å²) in [5.41, 5.74) is -0.188. The van der Waals surface area contributed by atoms with Gasteiger partial charge in [-0.3, -0.25) is 0 Å². The van der Waals surface area contributed by atoms with Crippen LogP contribution in [0.5, 0.6) is 0 Å². The Morgan fingerprint density at radius 1 is 1.54 bits per heavy atom. The SMILES string of the molecule is CCC1(C)CC(CO)(NC)CCO1. The first-order chi connectivity index (χ1) is 6.10. The molecule has 0 spiro atoms. The standard InChI is InChI=1S/C10H21NO2/c1-4-9(2)7-10(8-12,11-3)5-6-13-9/h11-12H,4-8H2,1-3H3. The Morgan fingerprint density at radius 3 is 2.69 bits per heavy atom. The van der Waals surface area contributed by atoms with E-state index in [1.54, 1.807) is 0 Å². The van der Waals surface area contributed by atoms with E-state index < -0.39 is 0 Å². The lowest BCUT2D eigenvalue weighted by Gasteiger charge is -2.45. The lowest BCUT2D eigenvalue weighted by Crippen LogP contribution is -2.56. The molecule has 0 aromatic carbocycles. The third kappa shape index (κ3) is 2.22. The van der Waals surface area contributed by atoms with Gasteiger partial charge in [0.25, 0.3) is 0 Å². The molecular formula is C10H21NO2. The highest BCUT2D eigenvalue weighted by Gasteiger charge is 2.40. The summed E-state index contributed by atoms with van der Waals surface area (Å²) in [5.74, 6) is 0. The first-order valence-electron chi connectivity index (χ1n) is 5.03. The van der Waals surface area contributed by atoms with Crippen molar-refractivity contribution in [2.24, 2.45) is 0 Å². The van der Waals surface area contributed by atoms with Crippen LogP contribution in [-0.2, 0) is 4.74 Å². The molecule has 1 heterocycles. The quantitative estimate of drug-likeness (QED) is 0.690. The zero-order chi connectivity index (χ0) is 9.95. The molecule has 0 bridgehead atoms. The van der Waals surface area contributed by atoms with Crippen LogP contribution in [0.4, 0.5) is 0 Å². The first kappa shape index (κ1) is 11.0. The summed E-state index contributed by atoms with van der Waals surface area (Å²) in [6, 6.07) is 0. The molecule has 3 nitrogen and oxygen atoms in total. The summed E-state index contributed by atoms with van der Waals surface area (Å²) >= 11 is 0. The summed E-state index contributed by atoms with van der Waals surface area (Å²) < 4.78 is 5.72. The molecule has 3 heteroatoms. The predicted octanol–water partition coefficient (Wildman–Crippen LogP) is 0.916. The van der Waals surface area contributed by atoms with Crippen LogP contribution >= 0.6 is 0 Å². The largest absolute Gasteiger partial charge is 0.394 e. The Balaban J connectivity index is 2.69. The molecule has 1 saturated heterocycles. The van der Waals surface area contributed by atoms with Crippen molar-refractivity contribution in [3.05, 3.63) is 0 Å². The number of hydrogen-bond donors (Lipinski definition) is 2. The van der Waals surface area contributed by atoms with Crippen molar-refractivity contribution in [1.29, 1.82) is 0 Å². The average Bonchev–Trinajstić information content (AvgIpc) is 2.18. The van der Waals surface area contributed by atoms with E-state index in [-0.39, 0.29) is 17.7 Å². The molecule has 0 aromatic heterocycles. The molecule has 0 saturated carbocycles. The normalized spacial score (nSPS) is 40.6. The third-order valence-electron chi connectivity index (χ3n) is 3.32. The highest BCUT2D eigenvalue weighted by Crippen LogP contribution is 2.33. The lowest BCUT2D eigenvalue weighted by molar-refractivity contribution is -0.109. The molecule has 0 amide bonds. The molecule has 13 heavy (non-hydrogen) atoms. The molecule has 1 aliphatic rings. The van der Waals surface area contributed by atoms with Crippen LogP contribution in [0.2, 0.25) is 0 Å². The van der Waals surface area contributed by atoms with E-state index in [0.29, 0.717) is 0 Å². The average molecular weight is 187 g/mol. The molecule has 0 radical (unpaired) electrons. The van der Waals surface area contributed by atoms with E-state index in [0.717, 1.165) is 25.9 Å². The Morgan fingerprint density at radius 2 is 2.23 bits per heavy atom. The first-order valence-corrected chi connectivity index (χ1v) is 5.03. The highest BCUT2D eigenvalue weighted by molar-refractivity contribution is 4.96. The fourth-order valence-corrected chi connectivity index (χ4v) is 2.00. The summed E-state index contributed by atoms with van der Waals surface area (Å²) in [6.45, 7) is 5.19. The maximum absolute atomic E-state index is 9.35. The van der Waals surface area contributed by atoms with Gasteiger partial charge in [-0.05, 0) is 33.2 Å². The fourth-order valence-electron chi connectivity index (χ4n) is 2.00. The van der Waals surface area contributed by atoms with Gasteiger partial charge in [0, 0.05) is 12.1 Å². The lowest BCUT2D eigenvalue weighted by atomic mass is 9.80. The molecule has 1 aliphatic heterocycles. The van der Waals surface area contributed by atoms with E-state index in [1.165, 1.54) is 0 Å². The fraction of sp³-hybridized carbons (Fsp3) is 1.00. The van der Waals surface area contributed by atoms with Crippen LogP contribution < -0.4 is 5.32 Å². The van der Waals surface area contributed by atoms with Crippen molar-refractivity contribution in [3.63, 3.8) is 0 Å². The Bertz CT molecular complexity index is 168. The second-order valence-corrected chi connectivity index (χ2v) is 4.27. The van der Waals surface area contributed by atoms with Gasteiger partial charge in [-0.15, -0.1) is 0 Å². The van der Waals surface area contributed by atoms with Crippen molar-refractivity contribution in [2.75, 3.05) is 20.3 Å². The van der Waals surface area contributed by atoms with Gasteiger partial charge in [-0.1, -0.05) is 6.92 Å². The summed E-state index contributed by atoms with van der Waals surface area (Å²) in [5, 5.41) is 12.6. The highest BCUT2D eigenvalue weighted by atomic mass is 16.5. The second kappa shape index (κ2) is 3.95. The van der Waals surface area contributed by atoms with E-state index in [4.69, 9.17) is 4.74 Å². The van der Waals surface area contributed by atoms with Gasteiger partial charge in [0.2, 0.25) is 0 Å². The van der Waals surface area contributed by atoms with Crippen LogP contribution in [0.1, 0.15) is 33.1 Å². The van der Waals surface area contributed by atoms with Crippen LogP contribution in [0, 0.1) is 0 Å². The van der Waals surface area contributed by atoms with Gasteiger partial charge in [-0.25, -0.2) is 0 Å². The Hall–Kier alpha value is -0.120. The van der Waals surface area contributed by atoms with Gasteiger partial charge in [0.15, 0.2) is 0 Å². The smallest absolute Gasteiger partial charge is 0.0670 e. The van der Waals surface area contributed by atoms with E-state index in [9.17, 15) is 5.11 Å². The zero-order valence-electron chi connectivity index (χ0n) is 8.89.